The number of hydrogen-bond donors (Lipinski definition) is 1. The van der Waals surface area contributed by atoms with Crippen LogP contribution in [0.1, 0.15) is 5.56 Å². The molecule has 1 aromatic rings. The van der Waals surface area contributed by atoms with Gasteiger partial charge in [0.05, 0.1) is 11.8 Å². The van der Waals surface area contributed by atoms with Crippen LogP contribution in [0.4, 0.5) is 5.69 Å². The molecule has 1 aliphatic rings. The zero-order chi connectivity index (χ0) is 11.8. The Morgan fingerprint density at radius 3 is 2.75 bits per heavy atom. The number of anilines is 1. The minimum absolute atomic E-state index is 0.110. The maximum Gasteiger partial charge on any atom is 0.173 e. The van der Waals surface area contributed by atoms with Gasteiger partial charge in [-0.1, -0.05) is 23.7 Å². The molecule has 0 aromatic heterocycles. The number of aryl methyl sites for hydroxylation is 1. The topological polar surface area (TPSA) is 46.2 Å². The van der Waals surface area contributed by atoms with Crippen molar-refractivity contribution in [3.63, 3.8) is 0 Å². The lowest BCUT2D eigenvalue weighted by atomic mass is 10.2. The van der Waals surface area contributed by atoms with Crippen molar-refractivity contribution in [1.82, 2.24) is 0 Å². The number of sulfone groups is 1. The highest BCUT2D eigenvalue weighted by molar-refractivity contribution is 7.94. The Hall–Kier alpha value is -1.00. The third kappa shape index (κ3) is 2.57. The molecule has 0 spiro atoms. The Kier molecular flexibility index (Phi) is 2.95. The van der Waals surface area contributed by atoms with Crippen molar-refractivity contribution in [2.24, 2.45) is 0 Å². The van der Waals surface area contributed by atoms with E-state index in [4.69, 9.17) is 11.6 Å². The lowest BCUT2D eigenvalue weighted by molar-refractivity contribution is 0.605. The summed E-state index contributed by atoms with van der Waals surface area (Å²) in [6.45, 7) is 1.92. The third-order valence-corrected chi connectivity index (χ3v) is 4.26. The molecule has 0 aliphatic carbocycles. The molecule has 1 aliphatic heterocycles. The van der Waals surface area contributed by atoms with E-state index in [-0.39, 0.29) is 11.8 Å². The fourth-order valence-electron chi connectivity index (χ4n) is 1.56. The van der Waals surface area contributed by atoms with Crippen LogP contribution in [0.3, 0.4) is 0 Å². The van der Waals surface area contributed by atoms with Gasteiger partial charge in [-0.15, -0.1) is 0 Å². The first-order valence-corrected chi connectivity index (χ1v) is 6.99. The van der Waals surface area contributed by atoms with Crippen molar-refractivity contribution in [1.29, 1.82) is 0 Å². The minimum Gasteiger partial charge on any atom is -0.378 e. The van der Waals surface area contributed by atoms with Gasteiger partial charge in [-0.25, -0.2) is 8.42 Å². The number of rotatable bonds is 2. The van der Waals surface area contributed by atoms with E-state index in [2.05, 4.69) is 5.32 Å². The summed E-state index contributed by atoms with van der Waals surface area (Å²) in [4.78, 5) is 0. The fraction of sp³-hybridized carbons (Fsp3) is 0.273. The van der Waals surface area contributed by atoms with Gasteiger partial charge in [0.1, 0.15) is 0 Å². The SMILES string of the molecule is Cc1ccc(NC2C=CS(=O)(=O)C2)cc1Cl. The molecule has 0 saturated carbocycles. The summed E-state index contributed by atoms with van der Waals surface area (Å²) in [6, 6.07) is 5.43. The van der Waals surface area contributed by atoms with Gasteiger partial charge in [-0.3, -0.25) is 0 Å². The van der Waals surface area contributed by atoms with Crippen molar-refractivity contribution in [3.8, 4) is 0 Å². The van der Waals surface area contributed by atoms with Crippen LogP contribution < -0.4 is 5.32 Å². The molecule has 1 heterocycles. The Labute approximate surface area is 100 Å². The van der Waals surface area contributed by atoms with Crippen LogP contribution in [0.25, 0.3) is 0 Å². The second-order valence-corrected chi connectivity index (χ2v) is 6.21. The van der Waals surface area contributed by atoms with Crippen LogP contribution in [0.2, 0.25) is 5.02 Å². The van der Waals surface area contributed by atoms with E-state index >= 15 is 0 Å². The monoisotopic (exact) mass is 257 g/mol. The summed E-state index contributed by atoms with van der Waals surface area (Å²) >= 11 is 5.98. The Bertz CT molecular complexity index is 537. The summed E-state index contributed by atoms with van der Waals surface area (Å²) in [7, 11) is -3.01. The minimum atomic E-state index is -3.01. The number of halogens is 1. The van der Waals surface area contributed by atoms with Crippen LogP contribution in [-0.2, 0) is 9.84 Å². The van der Waals surface area contributed by atoms with Gasteiger partial charge in [0.2, 0.25) is 0 Å². The smallest absolute Gasteiger partial charge is 0.173 e. The van der Waals surface area contributed by atoms with Crippen LogP contribution in [-0.4, -0.2) is 20.2 Å². The van der Waals surface area contributed by atoms with Crippen molar-refractivity contribution in [3.05, 3.63) is 40.3 Å². The maximum absolute atomic E-state index is 11.2. The third-order valence-electron chi connectivity index (χ3n) is 2.45. The van der Waals surface area contributed by atoms with Gasteiger partial charge >= 0.3 is 0 Å². The lowest BCUT2D eigenvalue weighted by Crippen LogP contribution is -2.20. The van der Waals surface area contributed by atoms with Crippen molar-refractivity contribution in [2.75, 3.05) is 11.1 Å². The summed E-state index contributed by atoms with van der Waals surface area (Å²) in [5.74, 6) is 0.110. The van der Waals surface area contributed by atoms with Gasteiger partial charge in [-0.05, 0) is 24.6 Å². The molecule has 0 amide bonds. The maximum atomic E-state index is 11.2. The van der Waals surface area contributed by atoms with Crippen molar-refractivity contribution < 1.29 is 8.42 Å². The highest BCUT2D eigenvalue weighted by Gasteiger charge is 2.21. The van der Waals surface area contributed by atoms with Crippen LogP contribution in [0.15, 0.2) is 29.7 Å². The summed E-state index contributed by atoms with van der Waals surface area (Å²) in [5, 5.41) is 5.04. The first-order chi connectivity index (χ1) is 7.46. The van der Waals surface area contributed by atoms with Gasteiger partial charge in [-0.2, -0.15) is 0 Å². The molecular weight excluding hydrogens is 246 g/mol. The van der Waals surface area contributed by atoms with E-state index in [9.17, 15) is 8.42 Å². The summed E-state index contributed by atoms with van der Waals surface area (Å²) in [5.41, 5.74) is 1.84. The van der Waals surface area contributed by atoms with Gasteiger partial charge in [0.15, 0.2) is 9.84 Å². The van der Waals surface area contributed by atoms with Crippen molar-refractivity contribution >= 4 is 27.1 Å². The molecule has 1 atom stereocenters. The molecule has 3 nitrogen and oxygen atoms in total. The average molecular weight is 258 g/mol. The predicted molar refractivity (Wildman–Crippen MR) is 66.5 cm³/mol. The number of benzene rings is 1. The highest BCUT2D eigenvalue weighted by atomic mass is 35.5. The van der Waals surface area contributed by atoms with E-state index in [0.29, 0.717) is 5.02 Å². The van der Waals surface area contributed by atoms with E-state index in [0.717, 1.165) is 11.3 Å². The summed E-state index contributed by atoms with van der Waals surface area (Å²) < 4.78 is 22.4. The van der Waals surface area contributed by atoms with E-state index in [1.54, 1.807) is 12.1 Å². The van der Waals surface area contributed by atoms with Gasteiger partial charge in [0.25, 0.3) is 0 Å². The molecule has 1 unspecified atom stereocenters. The zero-order valence-electron chi connectivity index (χ0n) is 8.77. The van der Waals surface area contributed by atoms with Crippen LogP contribution in [0, 0.1) is 6.92 Å². The van der Waals surface area contributed by atoms with Crippen molar-refractivity contribution in [2.45, 2.75) is 13.0 Å². The second kappa shape index (κ2) is 4.11. The predicted octanol–water partition coefficient (Wildman–Crippen LogP) is 2.37. The molecular formula is C11H12ClNO2S. The zero-order valence-corrected chi connectivity index (χ0v) is 10.3. The molecule has 86 valence electrons. The largest absolute Gasteiger partial charge is 0.378 e. The first-order valence-electron chi connectivity index (χ1n) is 4.90. The Morgan fingerprint density at radius 1 is 1.44 bits per heavy atom. The van der Waals surface area contributed by atoms with Gasteiger partial charge < -0.3 is 5.32 Å². The number of hydrogen-bond acceptors (Lipinski definition) is 3. The number of nitrogens with one attached hydrogen (secondary N) is 1. The highest BCUT2D eigenvalue weighted by Crippen LogP contribution is 2.22. The quantitative estimate of drug-likeness (QED) is 0.885. The molecule has 0 bridgehead atoms. The molecule has 0 radical (unpaired) electrons. The van der Waals surface area contributed by atoms with Gasteiger partial charge in [0, 0.05) is 16.1 Å². The van der Waals surface area contributed by atoms with Crippen LogP contribution in [0.5, 0.6) is 0 Å². The normalized spacial score (nSPS) is 22.2. The average Bonchev–Trinajstić information content (AvgIpc) is 2.52. The molecule has 16 heavy (non-hydrogen) atoms. The molecule has 0 saturated heterocycles. The first kappa shape index (κ1) is 11.5. The molecule has 0 fully saturated rings. The summed E-state index contributed by atoms with van der Waals surface area (Å²) in [6.07, 6.45) is 1.66. The fourth-order valence-corrected chi connectivity index (χ4v) is 2.98. The standard InChI is InChI=1S/C11H12ClNO2S/c1-8-2-3-9(6-11(8)12)13-10-4-5-16(14,15)7-10/h2-6,10,13H,7H2,1H3. The van der Waals surface area contributed by atoms with E-state index in [1.807, 2.05) is 19.1 Å². The molecule has 2 rings (SSSR count). The molecule has 5 heteroatoms. The van der Waals surface area contributed by atoms with E-state index < -0.39 is 9.84 Å². The Balaban J connectivity index is 2.11. The molecule has 1 aromatic carbocycles. The van der Waals surface area contributed by atoms with E-state index in [1.165, 1.54) is 5.41 Å². The lowest BCUT2D eigenvalue weighted by Gasteiger charge is -2.12. The Morgan fingerprint density at radius 2 is 2.19 bits per heavy atom. The molecule has 1 N–H and O–H groups in total. The van der Waals surface area contributed by atoms with Crippen LogP contribution >= 0.6 is 11.6 Å². The second-order valence-electron chi connectivity index (χ2n) is 3.87.